The molecule has 0 bridgehead atoms. The van der Waals surface area contributed by atoms with Gasteiger partial charge in [0.25, 0.3) is 0 Å². The first-order chi connectivity index (χ1) is 10.5. The number of nitrogens with one attached hydrogen (secondary N) is 1. The summed E-state index contributed by atoms with van der Waals surface area (Å²) in [5.74, 6) is 1.19. The number of para-hydroxylation sites is 1. The Hall–Kier alpha value is -2.24. The molecule has 1 aliphatic heterocycles. The Kier molecular flexibility index (Phi) is 5.25. The zero-order valence-corrected chi connectivity index (χ0v) is 13.2. The van der Waals surface area contributed by atoms with Gasteiger partial charge in [-0.25, -0.2) is 0 Å². The van der Waals surface area contributed by atoms with Crippen LogP contribution in [0, 0.1) is 0 Å². The van der Waals surface area contributed by atoms with Crippen molar-refractivity contribution in [2.24, 2.45) is 0 Å². The SMILES string of the molecule is CCN(C)C(=O)C(C)NC(=O)CCc1cccc2c1OCO2. The molecule has 0 fully saturated rings. The van der Waals surface area contributed by atoms with Crippen molar-refractivity contribution in [2.45, 2.75) is 32.7 Å². The van der Waals surface area contributed by atoms with Gasteiger partial charge in [0.15, 0.2) is 11.5 Å². The number of ether oxygens (including phenoxy) is 2. The summed E-state index contributed by atoms with van der Waals surface area (Å²) < 4.78 is 10.7. The zero-order chi connectivity index (χ0) is 16.1. The number of amides is 2. The van der Waals surface area contributed by atoms with Crippen LogP contribution in [0.4, 0.5) is 0 Å². The Morgan fingerprint density at radius 2 is 2.14 bits per heavy atom. The molecule has 2 rings (SSSR count). The first kappa shape index (κ1) is 16.1. The van der Waals surface area contributed by atoms with Crippen molar-refractivity contribution in [1.82, 2.24) is 10.2 Å². The lowest BCUT2D eigenvalue weighted by molar-refractivity contribution is -0.134. The van der Waals surface area contributed by atoms with Gasteiger partial charge in [-0.1, -0.05) is 12.1 Å². The Labute approximate surface area is 130 Å². The van der Waals surface area contributed by atoms with Crippen LogP contribution in [0.1, 0.15) is 25.8 Å². The molecule has 1 unspecified atom stereocenters. The molecule has 0 aromatic heterocycles. The third-order valence-electron chi connectivity index (χ3n) is 3.70. The summed E-state index contributed by atoms with van der Waals surface area (Å²) in [5, 5.41) is 2.73. The molecule has 0 saturated carbocycles. The van der Waals surface area contributed by atoms with Crippen LogP contribution in [0.15, 0.2) is 18.2 Å². The second-order valence-electron chi connectivity index (χ2n) is 5.29. The largest absolute Gasteiger partial charge is 0.454 e. The number of hydrogen-bond acceptors (Lipinski definition) is 4. The van der Waals surface area contributed by atoms with E-state index in [-0.39, 0.29) is 18.6 Å². The van der Waals surface area contributed by atoms with Gasteiger partial charge in [-0.15, -0.1) is 0 Å². The molecule has 2 amide bonds. The van der Waals surface area contributed by atoms with E-state index in [2.05, 4.69) is 5.32 Å². The average molecular weight is 306 g/mol. The van der Waals surface area contributed by atoms with E-state index < -0.39 is 6.04 Å². The van der Waals surface area contributed by atoms with E-state index in [0.29, 0.717) is 30.9 Å². The minimum Gasteiger partial charge on any atom is -0.454 e. The summed E-state index contributed by atoms with van der Waals surface area (Å²) in [6.07, 6.45) is 0.843. The molecular formula is C16H22N2O4. The normalized spacial score (nSPS) is 13.6. The molecular weight excluding hydrogens is 284 g/mol. The van der Waals surface area contributed by atoms with Crippen LogP contribution in [-0.4, -0.2) is 43.1 Å². The summed E-state index contributed by atoms with van der Waals surface area (Å²) >= 11 is 0. The Balaban J connectivity index is 1.86. The van der Waals surface area contributed by atoms with Gasteiger partial charge in [0, 0.05) is 20.0 Å². The number of fused-ring (bicyclic) bond motifs is 1. The van der Waals surface area contributed by atoms with Crippen LogP contribution in [0.5, 0.6) is 11.5 Å². The summed E-state index contributed by atoms with van der Waals surface area (Å²) in [6.45, 7) is 4.42. The van der Waals surface area contributed by atoms with Crippen molar-refractivity contribution in [2.75, 3.05) is 20.4 Å². The molecule has 0 spiro atoms. The topological polar surface area (TPSA) is 67.9 Å². The Morgan fingerprint density at radius 3 is 2.86 bits per heavy atom. The predicted octanol–water partition coefficient (Wildman–Crippen LogP) is 1.33. The molecule has 1 atom stereocenters. The molecule has 1 aromatic carbocycles. The Morgan fingerprint density at radius 1 is 1.36 bits per heavy atom. The quantitative estimate of drug-likeness (QED) is 0.861. The van der Waals surface area contributed by atoms with Crippen LogP contribution in [0.2, 0.25) is 0 Å². The van der Waals surface area contributed by atoms with Gasteiger partial charge < -0.3 is 19.7 Å². The maximum Gasteiger partial charge on any atom is 0.244 e. The van der Waals surface area contributed by atoms with Crippen LogP contribution in [-0.2, 0) is 16.0 Å². The summed E-state index contributed by atoms with van der Waals surface area (Å²) in [5.41, 5.74) is 0.940. The average Bonchev–Trinajstić information content (AvgIpc) is 3.00. The van der Waals surface area contributed by atoms with Crippen molar-refractivity contribution < 1.29 is 19.1 Å². The second kappa shape index (κ2) is 7.15. The summed E-state index contributed by atoms with van der Waals surface area (Å²) in [6, 6.07) is 5.12. The van der Waals surface area contributed by atoms with E-state index >= 15 is 0 Å². The third-order valence-corrected chi connectivity index (χ3v) is 3.70. The van der Waals surface area contributed by atoms with E-state index in [0.717, 1.165) is 5.56 Å². The maximum atomic E-state index is 12.0. The van der Waals surface area contributed by atoms with Crippen molar-refractivity contribution in [1.29, 1.82) is 0 Å². The highest BCUT2D eigenvalue weighted by Gasteiger charge is 2.20. The molecule has 120 valence electrons. The van der Waals surface area contributed by atoms with Gasteiger partial charge >= 0.3 is 0 Å². The van der Waals surface area contributed by atoms with Gasteiger partial charge in [0.2, 0.25) is 18.6 Å². The van der Waals surface area contributed by atoms with Crippen molar-refractivity contribution in [3.8, 4) is 11.5 Å². The highest BCUT2D eigenvalue weighted by Crippen LogP contribution is 2.35. The van der Waals surface area contributed by atoms with Crippen LogP contribution < -0.4 is 14.8 Å². The predicted molar refractivity (Wildman–Crippen MR) is 81.8 cm³/mol. The fourth-order valence-electron chi connectivity index (χ4n) is 2.30. The van der Waals surface area contributed by atoms with Gasteiger partial charge in [-0.3, -0.25) is 9.59 Å². The van der Waals surface area contributed by atoms with Crippen LogP contribution >= 0.6 is 0 Å². The van der Waals surface area contributed by atoms with Crippen molar-refractivity contribution >= 4 is 11.8 Å². The smallest absolute Gasteiger partial charge is 0.244 e. The molecule has 6 nitrogen and oxygen atoms in total. The molecule has 0 radical (unpaired) electrons. The van der Waals surface area contributed by atoms with Gasteiger partial charge in [-0.05, 0) is 31.9 Å². The molecule has 1 N–H and O–H groups in total. The highest BCUT2D eigenvalue weighted by atomic mass is 16.7. The fraction of sp³-hybridized carbons (Fsp3) is 0.500. The minimum atomic E-state index is -0.515. The van der Waals surface area contributed by atoms with Crippen molar-refractivity contribution in [3.05, 3.63) is 23.8 Å². The molecule has 1 aromatic rings. The van der Waals surface area contributed by atoms with Gasteiger partial charge in [-0.2, -0.15) is 0 Å². The van der Waals surface area contributed by atoms with E-state index in [1.54, 1.807) is 18.9 Å². The molecule has 0 saturated heterocycles. The molecule has 0 aliphatic carbocycles. The van der Waals surface area contributed by atoms with E-state index in [9.17, 15) is 9.59 Å². The Bertz CT molecular complexity index is 559. The minimum absolute atomic E-state index is 0.0896. The molecule has 22 heavy (non-hydrogen) atoms. The molecule has 1 aliphatic rings. The summed E-state index contributed by atoms with van der Waals surface area (Å²) in [4.78, 5) is 25.5. The van der Waals surface area contributed by atoms with E-state index in [1.807, 2.05) is 25.1 Å². The third kappa shape index (κ3) is 3.69. The van der Waals surface area contributed by atoms with Gasteiger partial charge in [0.05, 0.1) is 0 Å². The number of benzene rings is 1. The fourth-order valence-corrected chi connectivity index (χ4v) is 2.30. The van der Waals surface area contributed by atoms with Crippen LogP contribution in [0.25, 0.3) is 0 Å². The zero-order valence-electron chi connectivity index (χ0n) is 13.2. The standard InChI is InChI=1S/C16H22N2O4/c1-4-18(3)16(20)11(2)17-14(19)9-8-12-6-5-7-13-15(12)22-10-21-13/h5-7,11H,4,8-10H2,1-3H3,(H,17,19). The molecule has 1 heterocycles. The number of nitrogens with zero attached hydrogens (tertiary/aromatic N) is 1. The van der Waals surface area contributed by atoms with Crippen molar-refractivity contribution in [3.63, 3.8) is 0 Å². The maximum absolute atomic E-state index is 12.0. The highest BCUT2D eigenvalue weighted by molar-refractivity contribution is 5.87. The lowest BCUT2D eigenvalue weighted by Gasteiger charge is -2.20. The number of hydrogen-bond donors (Lipinski definition) is 1. The second-order valence-corrected chi connectivity index (χ2v) is 5.29. The number of carbonyl (C=O) groups is 2. The summed E-state index contributed by atoms with van der Waals surface area (Å²) in [7, 11) is 1.72. The van der Waals surface area contributed by atoms with Gasteiger partial charge in [0.1, 0.15) is 6.04 Å². The van der Waals surface area contributed by atoms with Crippen LogP contribution in [0.3, 0.4) is 0 Å². The monoisotopic (exact) mass is 306 g/mol. The van der Waals surface area contributed by atoms with E-state index in [1.165, 1.54) is 0 Å². The first-order valence-corrected chi connectivity index (χ1v) is 7.44. The molecule has 6 heteroatoms. The number of aryl methyl sites for hydroxylation is 1. The number of carbonyl (C=O) groups excluding carboxylic acids is 2. The first-order valence-electron chi connectivity index (χ1n) is 7.44. The number of rotatable bonds is 6. The lowest BCUT2D eigenvalue weighted by atomic mass is 10.1. The van der Waals surface area contributed by atoms with E-state index in [4.69, 9.17) is 9.47 Å². The lowest BCUT2D eigenvalue weighted by Crippen LogP contribution is -2.45. The number of likely N-dealkylation sites (N-methyl/N-ethyl adjacent to an activating group) is 1.